The van der Waals surface area contributed by atoms with E-state index in [0.29, 0.717) is 12.0 Å². The Hall–Kier alpha value is -2.01. The molecule has 0 spiro atoms. The van der Waals surface area contributed by atoms with Gasteiger partial charge in [-0.05, 0) is 32.2 Å². The molecule has 1 aromatic heterocycles. The summed E-state index contributed by atoms with van der Waals surface area (Å²) in [6.45, 7) is 2.47. The second kappa shape index (κ2) is 6.01. The van der Waals surface area contributed by atoms with Crippen molar-refractivity contribution in [3.63, 3.8) is 0 Å². The van der Waals surface area contributed by atoms with E-state index in [9.17, 15) is 0 Å². The Morgan fingerprint density at radius 1 is 1.05 bits per heavy atom. The fourth-order valence-electron chi connectivity index (χ4n) is 3.63. The van der Waals surface area contributed by atoms with Crippen molar-refractivity contribution < 1.29 is 0 Å². The van der Waals surface area contributed by atoms with Crippen LogP contribution in [0.15, 0.2) is 36.7 Å². The maximum atomic E-state index is 4.58. The molecule has 2 aliphatic rings. The van der Waals surface area contributed by atoms with Crippen LogP contribution in [0.5, 0.6) is 0 Å². The van der Waals surface area contributed by atoms with Gasteiger partial charge in [0.25, 0.3) is 0 Å². The van der Waals surface area contributed by atoms with Crippen LogP contribution in [0, 0.1) is 0 Å². The number of hydrogen-bond donors (Lipinski definition) is 1. The first-order chi connectivity index (χ1) is 10.9. The summed E-state index contributed by atoms with van der Waals surface area (Å²) < 4.78 is 0. The highest BCUT2D eigenvalue weighted by Crippen LogP contribution is 2.28. The van der Waals surface area contributed by atoms with E-state index < -0.39 is 0 Å². The highest BCUT2D eigenvalue weighted by molar-refractivity contribution is 5.55. The molecule has 5 heteroatoms. The Morgan fingerprint density at radius 2 is 1.95 bits per heavy atom. The number of fused-ring (bicyclic) bond motifs is 1. The average Bonchev–Trinajstić information content (AvgIpc) is 3.04. The van der Waals surface area contributed by atoms with Crippen LogP contribution in [0.1, 0.15) is 25.7 Å². The highest BCUT2D eigenvalue weighted by Gasteiger charge is 2.31. The van der Waals surface area contributed by atoms with E-state index in [1.807, 2.05) is 30.3 Å². The van der Waals surface area contributed by atoms with Gasteiger partial charge in [-0.1, -0.05) is 30.3 Å². The standard InChI is InChI=1S/C17H21N5/c1-2-5-13(6-3-1)16-18-12-19-17(21-16)20-14-8-10-22-9-4-7-15(22)11-14/h1-3,5-6,12,14-15H,4,7-11H2,(H,18,19,20,21). The van der Waals surface area contributed by atoms with Crippen LogP contribution in [0.25, 0.3) is 11.4 Å². The zero-order valence-electron chi connectivity index (χ0n) is 12.7. The number of rotatable bonds is 3. The number of anilines is 1. The molecule has 0 radical (unpaired) electrons. The summed E-state index contributed by atoms with van der Waals surface area (Å²) in [5, 5.41) is 3.51. The summed E-state index contributed by atoms with van der Waals surface area (Å²) in [6, 6.07) is 11.3. The van der Waals surface area contributed by atoms with Crippen molar-refractivity contribution in [3.05, 3.63) is 36.7 Å². The molecule has 1 aromatic carbocycles. The van der Waals surface area contributed by atoms with Crippen LogP contribution in [-0.2, 0) is 0 Å². The molecule has 0 bridgehead atoms. The zero-order valence-corrected chi connectivity index (χ0v) is 12.7. The molecule has 0 amide bonds. The molecule has 5 nitrogen and oxygen atoms in total. The van der Waals surface area contributed by atoms with Crippen molar-refractivity contribution >= 4 is 5.95 Å². The third-order valence-corrected chi connectivity index (χ3v) is 4.76. The smallest absolute Gasteiger partial charge is 0.226 e. The highest BCUT2D eigenvalue weighted by atomic mass is 15.2. The lowest BCUT2D eigenvalue weighted by molar-refractivity contribution is 0.188. The van der Waals surface area contributed by atoms with Gasteiger partial charge in [0, 0.05) is 24.2 Å². The van der Waals surface area contributed by atoms with Crippen LogP contribution in [0.4, 0.5) is 5.95 Å². The summed E-state index contributed by atoms with van der Waals surface area (Å²) >= 11 is 0. The lowest BCUT2D eigenvalue weighted by Crippen LogP contribution is -2.43. The van der Waals surface area contributed by atoms with Gasteiger partial charge >= 0.3 is 0 Å². The molecule has 2 atom stereocenters. The third kappa shape index (κ3) is 2.81. The molecule has 0 aliphatic carbocycles. The van der Waals surface area contributed by atoms with Crippen LogP contribution in [0.3, 0.4) is 0 Å². The molecular weight excluding hydrogens is 274 g/mol. The second-order valence-corrected chi connectivity index (χ2v) is 6.20. The molecule has 22 heavy (non-hydrogen) atoms. The molecule has 114 valence electrons. The summed E-state index contributed by atoms with van der Waals surface area (Å²) in [6.07, 6.45) is 6.66. The van der Waals surface area contributed by atoms with E-state index >= 15 is 0 Å². The summed E-state index contributed by atoms with van der Waals surface area (Å²) in [7, 11) is 0. The maximum absolute atomic E-state index is 4.58. The molecule has 0 saturated carbocycles. The van der Waals surface area contributed by atoms with Crippen molar-refractivity contribution in [2.24, 2.45) is 0 Å². The molecule has 2 fully saturated rings. The van der Waals surface area contributed by atoms with Crippen LogP contribution in [0.2, 0.25) is 0 Å². The SMILES string of the molecule is c1ccc(-c2ncnc(NC3CCN4CCCC4C3)n2)cc1. The first-order valence-electron chi connectivity index (χ1n) is 8.13. The number of piperidine rings is 1. The summed E-state index contributed by atoms with van der Waals surface area (Å²) in [4.78, 5) is 15.8. The molecule has 3 heterocycles. The number of aromatic nitrogens is 3. The molecule has 4 rings (SSSR count). The van der Waals surface area contributed by atoms with Gasteiger partial charge in [0.05, 0.1) is 0 Å². The van der Waals surface area contributed by atoms with Crippen molar-refractivity contribution in [1.29, 1.82) is 0 Å². The van der Waals surface area contributed by atoms with Crippen LogP contribution >= 0.6 is 0 Å². The Kier molecular flexibility index (Phi) is 3.72. The fourth-order valence-corrected chi connectivity index (χ4v) is 3.63. The summed E-state index contributed by atoms with van der Waals surface area (Å²) in [5.74, 6) is 1.43. The van der Waals surface area contributed by atoms with E-state index in [-0.39, 0.29) is 0 Å². The maximum Gasteiger partial charge on any atom is 0.226 e. The van der Waals surface area contributed by atoms with Gasteiger partial charge in [-0.15, -0.1) is 0 Å². The van der Waals surface area contributed by atoms with Crippen molar-refractivity contribution in [2.45, 2.75) is 37.8 Å². The Labute approximate surface area is 130 Å². The average molecular weight is 295 g/mol. The third-order valence-electron chi connectivity index (χ3n) is 4.76. The zero-order chi connectivity index (χ0) is 14.8. The van der Waals surface area contributed by atoms with Gasteiger partial charge in [-0.25, -0.2) is 9.97 Å². The predicted molar refractivity (Wildman–Crippen MR) is 86.5 cm³/mol. The quantitative estimate of drug-likeness (QED) is 0.943. The van der Waals surface area contributed by atoms with Gasteiger partial charge in [0.1, 0.15) is 6.33 Å². The van der Waals surface area contributed by atoms with Gasteiger partial charge < -0.3 is 10.2 Å². The normalized spacial score (nSPS) is 24.9. The lowest BCUT2D eigenvalue weighted by atomic mass is 9.98. The minimum atomic E-state index is 0.477. The van der Waals surface area contributed by atoms with Crippen LogP contribution < -0.4 is 5.32 Å². The molecule has 2 aromatic rings. The van der Waals surface area contributed by atoms with Crippen molar-refractivity contribution in [3.8, 4) is 11.4 Å². The summed E-state index contributed by atoms with van der Waals surface area (Å²) in [5.41, 5.74) is 1.03. The number of hydrogen-bond acceptors (Lipinski definition) is 5. The van der Waals surface area contributed by atoms with Gasteiger partial charge in [-0.3, -0.25) is 0 Å². The van der Waals surface area contributed by atoms with Crippen LogP contribution in [-0.4, -0.2) is 45.0 Å². The topological polar surface area (TPSA) is 53.9 Å². The molecule has 1 N–H and O–H groups in total. The lowest BCUT2D eigenvalue weighted by Gasteiger charge is -2.35. The molecule has 2 saturated heterocycles. The van der Waals surface area contributed by atoms with Gasteiger partial charge in [0.15, 0.2) is 5.82 Å². The van der Waals surface area contributed by atoms with Crippen molar-refractivity contribution in [2.75, 3.05) is 18.4 Å². The Bertz CT molecular complexity index is 630. The second-order valence-electron chi connectivity index (χ2n) is 6.20. The van der Waals surface area contributed by atoms with E-state index in [0.717, 1.165) is 17.4 Å². The number of benzene rings is 1. The molecule has 2 aliphatic heterocycles. The number of nitrogens with zero attached hydrogens (tertiary/aromatic N) is 4. The molecule has 2 unspecified atom stereocenters. The first kappa shape index (κ1) is 13.6. The largest absolute Gasteiger partial charge is 0.351 e. The Morgan fingerprint density at radius 3 is 2.86 bits per heavy atom. The fraction of sp³-hybridized carbons (Fsp3) is 0.471. The van der Waals surface area contributed by atoms with Gasteiger partial charge in [-0.2, -0.15) is 4.98 Å². The van der Waals surface area contributed by atoms with E-state index in [1.54, 1.807) is 6.33 Å². The minimum absolute atomic E-state index is 0.477. The first-order valence-corrected chi connectivity index (χ1v) is 8.13. The monoisotopic (exact) mass is 295 g/mol. The molecular formula is C17H21N5. The van der Waals surface area contributed by atoms with E-state index in [1.165, 1.54) is 38.8 Å². The number of nitrogens with one attached hydrogen (secondary N) is 1. The predicted octanol–water partition coefficient (Wildman–Crippen LogP) is 2.58. The van der Waals surface area contributed by atoms with E-state index in [2.05, 4.69) is 25.2 Å². The Balaban J connectivity index is 1.47. The minimum Gasteiger partial charge on any atom is -0.351 e. The van der Waals surface area contributed by atoms with E-state index in [4.69, 9.17) is 0 Å². The van der Waals surface area contributed by atoms with Crippen molar-refractivity contribution in [1.82, 2.24) is 19.9 Å². The van der Waals surface area contributed by atoms with Gasteiger partial charge in [0.2, 0.25) is 5.95 Å².